The quantitative estimate of drug-likeness (QED) is 0.345. The van der Waals surface area contributed by atoms with Crippen molar-refractivity contribution >= 4 is 19.6 Å². The lowest BCUT2D eigenvalue weighted by molar-refractivity contribution is 0.225. The second kappa shape index (κ2) is 7.16. The van der Waals surface area contributed by atoms with Gasteiger partial charge in [-0.05, 0) is 31.5 Å². The number of rotatable bonds is 7. The summed E-state index contributed by atoms with van der Waals surface area (Å²) >= 11 is 0. The largest absolute Gasteiger partial charge is 0.432 e. The van der Waals surface area contributed by atoms with E-state index in [-0.39, 0.29) is 0 Å². The van der Waals surface area contributed by atoms with Crippen LogP contribution < -0.4 is 5.09 Å². The molecule has 0 heterocycles. The van der Waals surface area contributed by atoms with E-state index in [2.05, 4.69) is 10.2 Å². The maximum absolute atomic E-state index is 12.2. The molecule has 0 aliphatic rings. The lowest BCUT2D eigenvalue weighted by Crippen LogP contribution is -2.04. The highest BCUT2D eigenvalue weighted by atomic mass is 31.2. The molecule has 0 amide bonds. The standard InChI is InChI=1S/C11H17N2O4P/c1-3-16-18(15,17-4-2)13-11-7-5-10(6-8-11)9-12-14/h5-9,14H,3-4H2,1-2H3,(H,13,15). The van der Waals surface area contributed by atoms with Gasteiger partial charge in [-0.2, -0.15) is 0 Å². The lowest BCUT2D eigenvalue weighted by atomic mass is 10.2. The molecule has 0 aromatic heterocycles. The summed E-state index contributed by atoms with van der Waals surface area (Å²) in [5.41, 5.74) is 1.33. The van der Waals surface area contributed by atoms with E-state index < -0.39 is 7.75 Å². The van der Waals surface area contributed by atoms with Crippen molar-refractivity contribution in [2.24, 2.45) is 5.16 Å². The summed E-state index contributed by atoms with van der Waals surface area (Å²) in [7, 11) is -3.30. The first-order chi connectivity index (χ1) is 8.63. The molecule has 0 bridgehead atoms. The Bertz CT molecular complexity index is 423. The van der Waals surface area contributed by atoms with E-state index >= 15 is 0 Å². The Morgan fingerprint density at radius 3 is 2.28 bits per heavy atom. The Hall–Kier alpha value is -1.36. The van der Waals surface area contributed by atoms with Crippen LogP contribution in [0.3, 0.4) is 0 Å². The third-order valence-corrected chi connectivity index (χ3v) is 3.71. The first-order valence-electron chi connectivity index (χ1n) is 5.58. The molecule has 0 saturated heterocycles. The maximum atomic E-state index is 12.2. The minimum absolute atomic E-state index is 0.291. The van der Waals surface area contributed by atoms with Crippen LogP contribution in [-0.4, -0.2) is 24.6 Å². The van der Waals surface area contributed by atoms with Crippen LogP contribution in [0.5, 0.6) is 0 Å². The molecule has 0 radical (unpaired) electrons. The van der Waals surface area contributed by atoms with Gasteiger partial charge in [0.1, 0.15) is 0 Å². The normalized spacial score (nSPS) is 11.9. The Morgan fingerprint density at radius 2 is 1.83 bits per heavy atom. The average Bonchev–Trinajstić information content (AvgIpc) is 2.32. The van der Waals surface area contributed by atoms with Gasteiger partial charge in [0.2, 0.25) is 0 Å². The molecule has 18 heavy (non-hydrogen) atoms. The molecule has 0 saturated carbocycles. The number of hydrogen-bond acceptors (Lipinski definition) is 5. The average molecular weight is 272 g/mol. The van der Waals surface area contributed by atoms with Crippen molar-refractivity contribution in [3.8, 4) is 0 Å². The van der Waals surface area contributed by atoms with Crippen LogP contribution >= 0.6 is 7.75 Å². The summed E-state index contributed by atoms with van der Waals surface area (Å²) in [6.07, 6.45) is 1.30. The second-order valence-corrected chi connectivity index (χ2v) is 5.05. The van der Waals surface area contributed by atoms with E-state index in [9.17, 15) is 4.57 Å². The fourth-order valence-electron chi connectivity index (χ4n) is 1.31. The number of nitrogens with zero attached hydrogens (tertiary/aromatic N) is 1. The van der Waals surface area contributed by atoms with Gasteiger partial charge in [-0.3, -0.25) is 14.1 Å². The molecule has 7 heteroatoms. The zero-order chi connectivity index (χ0) is 13.4. The first kappa shape index (κ1) is 14.7. The SMILES string of the molecule is CCOP(=O)(Nc1ccc(C=NO)cc1)OCC. The summed E-state index contributed by atoms with van der Waals surface area (Å²) in [6, 6.07) is 6.82. The van der Waals surface area contributed by atoms with Gasteiger partial charge in [0, 0.05) is 5.69 Å². The van der Waals surface area contributed by atoms with E-state index in [0.717, 1.165) is 5.56 Å². The fraction of sp³-hybridized carbons (Fsp3) is 0.364. The van der Waals surface area contributed by atoms with Crippen molar-refractivity contribution in [2.75, 3.05) is 18.3 Å². The molecular formula is C11H17N2O4P. The molecule has 0 aliphatic heterocycles. The van der Waals surface area contributed by atoms with Gasteiger partial charge in [0.15, 0.2) is 0 Å². The smallest absolute Gasteiger partial charge is 0.411 e. The first-order valence-corrected chi connectivity index (χ1v) is 7.12. The topological polar surface area (TPSA) is 80.2 Å². The van der Waals surface area contributed by atoms with E-state index in [1.54, 1.807) is 38.1 Å². The van der Waals surface area contributed by atoms with Crippen LogP contribution in [0.1, 0.15) is 19.4 Å². The van der Waals surface area contributed by atoms with Gasteiger partial charge in [-0.1, -0.05) is 17.3 Å². The zero-order valence-corrected chi connectivity index (χ0v) is 11.3. The van der Waals surface area contributed by atoms with Gasteiger partial charge < -0.3 is 5.21 Å². The number of nitrogens with one attached hydrogen (secondary N) is 1. The van der Waals surface area contributed by atoms with Crippen LogP contribution in [0.2, 0.25) is 0 Å². The molecule has 0 atom stereocenters. The van der Waals surface area contributed by atoms with Gasteiger partial charge in [0.05, 0.1) is 19.4 Å². The third kappa shape index (κ3) is 4.49. The van der Waals surface area contributed by atoms with Crippen molar-refractivity contribution < 1.29 is 18.8 Å². The highest BCUT2D eigenvalue weighted by Gasteiger charge is 2.23. The molecule has 0 fully saturated rings. The molecule has 6 nitrogen and oxygen atoms in total. The minimum Gasteiger partial charge on any atom is -0.411 e. The van der Waals surface area contributed by atoms with E-state index in [0.29, 0.717) is 18.9 Å². The molecular weight excluding hydrogens is 255 g/mol. The summed E-state index contributed by atoms with van der Waals surface area (Å²) < 4.78 is 22.4. The molecule has 1 aromatic carbocycles. The summed E-state index contributed by atoms with van der Waals surface area (Å²) in [5, 5.41) is 14.0. The van der Waals surface area contributed by atoms with Gasteiger partial charge >= 0.3 is 7.75 Å². The maximum Gasteiger partial charge on any atom is 0.432 e. The van der Waals surface area contributed by atoms with Crippen LogP contribution in [0.15, 0.2) is 29.4 Å². The number of oxime groups is 1. The Kier molecular flexibility index (Phi) is 5.85. The predicted molar refractivity (Wildman–Crippen MR) is 70.3 cm³/mol. The highest BCUT2D eigenvalue weighted by Crippen LogP contribution is 2.47. The van der Waals surface area contributed by atoms with Crippen molar-refractivity contribution in [3.05, 3.63) is 29.8 Å². The van der Waals surface area contributed by atoms with Crippen molar-refractivity contribution in [1.29, 1.82) is 0 Å². The molecule has 0 spiro atoms. The minimum atomic E-state index is -3.30. The monoisotopic (exact) mass is 272 g/mol. The molecule has 0 aliphatic carbocycles. The summed E-state index contributed by atoms with van der Waals surface area (Å²) in [4.78, 5) is 0. The molecule has 0 unspecified atom stereocenters. The van der Waals surface area contributed by atoms with E-state index in [4.69, 9.17) is 14.3 Å². The van der Waals surface area contributed by atoms with Crippen LogP contribution in [0.4, 0.5) is 5.69 Å². The summed E-state index contributed by atoms with van der Waals surface area (Å²) in [5.74, 6) is 0. The van der Waals surface area contributed by atoms with E-state index in [1.807, 2.05) is 0 Å². The van der Waals surface area contributed by atoms with Gasteiger partial charge in [-0.25, -0.2) is 4.57 Å². The number of anilines is 1. The predicted octanol–water partition coefficient (Wildman–Crippen LogP) is 3.09. The Labute approximate surface area is 106 Å². The number of hydrogen-bond donors (Lipinski definition) is 2. The molecule has 1 aromatic rings. The number of benzene rings is 1. The van der Waals surface area contributed by atoms with Gasteiger partial charge in [-0.15, -0.1) is 0 Å². The third-order valence-electron chi connectivity index (χ3n) is 1.98. The second-order valence-electron chi connectivity index (χ2n) is 3.31. The molecule has 1 rings (SSSR count). The van der Waals surface area contributed by atoms with Gasteiger partial charge in [0.25, 0.3) is 0 Å². The fourth-order valence-corrected chi connectivity index (χ4v) is 2.66. The zero-order valence-electron chi connectivity index (χ0n) is 10.4. The van der Waals surface area contributed by atoms with Crippen LogP contribution in [0, 0.1) is 0 Å². The molecule has 2 N–H and O–H groups in total. The van der Waals surface area contributed by atoms with Crippen molar-refractivity contribution in [2.45, 2.75) is 13.8 Å². The van der Waals surface area contributed by atoms with E-state index in [1.165, 1.54) is 6.21 Å². The van der Waals surface area contributed by atoms with Crippen molar-refractivity contribution in [1.82, 2.24) is 0 Å². The Morgan fingerprint density at radius 1 is 1.28 bits per heavy atom. The highest BCUT2D eigenvalue weighted by molar-refractivity contribution is 7.55. The summed E-state index contributed by atoms with van der Waals surface area (Å²) in [6.45, 7) is 4.07. The van der Waals surface area contributed by atoms with Crippen molar-refractivity contribution in [3.63, 3.8) is 0 Å². The van der Waals surface area contributed by atoms with Crippen LogP contribution in [0.25, 0.3) is 0 Å². The lowest BCUT2D eigenvalue weighted by Gasteiger charge is -2.18. The van der Waals surface area contributed by atoms with Crippen LogP contribution in [-0.2, 0) is 13.6 Å². The molecule has 100 valence electrons. The Balaban J connectivity index is 2.78.